The van der Waals surface area contributed by atoms with E-state index in [-0.39, 0.29) is 5.97 Å². The summed E-state index contributed by atoms with van der Waals surface area (Å²) in [6, 6.07) is 1.61. The molecule has 14 heavy (non-hydrogen) atoms. The molecule has 0 N–H and O–H groups in total. The summed E-state index contributed by atoms with van der Waals surface area (Å²) in [7, 11) is 0. The van der Waals surface area contributed by atoms with Crippen LogP contribution >= 0.6 is 0 Å². The van der Waals surface area contributed by atoms with Crippen LogP contribution in [0.15, 0.2) is 12.3 Å². The van der Waals surface area contributed by atoms with E-state index in [0.717, 1.165) is 0 Å². The van der Waals surface area contributed by atoms with Crippen LogP contribution in [0.5, 0.6) is 0 Å². The van der Waals surface area contributed by atoms with Crippen LogP contribution in [0.3, 0.4) is 0 Å². The molecule has 0 saturated heterocycles. The first-order chi connectivity index (χ1) is 6.69. The second-order valence-electron chi connectivity index (χ2n) is 2.72. The van der Waals surface area contributed by atoms with Crippen LogP contribution in [0.1, 0.15) is 28.5 Å². The van der Waals surface area contributed by atoms with Gasteiger partial charge >= 0.3 is 5.97 Å². The molecular weight excluding hydrogens is 178 g/mol. The van der Waals surface area contributed by atoms with Gasteiger partial charge < -0.3 is 4.74 Å². The third-order valence-electron chi connectivity index (χ3n) is 1.75. The van der Waals surface area contributed by atoms with Gasteiger partial charge in [-0.1, -0.05) is 5.92 Å². The molecule has 1 heterocycles. The highest BCUT2D eigenvalue weighted by atomic mass is 16.5. The minimum atomic E-state index is -0.380. The third kappa shape index (κ3) is 2.11. The van der Waals surface area contributed by atoms with Gasteiger partial charge in [-0.3, -0.25) is 4.98 Å². The summed E-state index contributed by atoms with van der Waals surface area (Å²) < 4.78 is 4.86. The lowest BCUT2D eigenvalue weighted by Gasteiger charge is -2.04. The minimum absolute atomic E-state index is 0.346. The highest BCUT2D eigenvalue weighted by molar-refractivity contribution is 5.90. The zero-order chi connectivity index (χ0) is 10.6. The molecule has 0 fully saturated rings. The Hall–Kier alpha value is -1.82. The van der Waals surface area contributed by atoms with Crippen molar-refractivity contribution in [2.45, 2.75) is 13.8 Å². The first-order valence-electron chi connectivity index (χ1n) is 4.29. The monoisotopic (exact) mass is 189 g/mol. The fourth-order valence-corrected chi connectivity index (χ4v) is 1.03. The smallest absolute Gasteiger partial charge is 0.340 e. The molecule has 1 aromatic rings. The maximum atomic E-state index is 11.4. The number of carbonyl (C=O) groups excluding carboxylic acids is 1. The zero-order valence-corrected chi connectivity index (χ0v) is 8.20. The fourth-order valence-electron chi connectivity index (χ4n) is 1.03. The number of nitrogens with zero attached hydrogens (tertiary/aromatic N) is 1. The average Bonchev–Trinajstić information content (AvgIpc) is 2.19. The van der Waals surface area contributed by atoms with E-state index in [1.807, 2.05) is 0 Å². The van der Waals surface area contributed by atoms with Gasteiger partial charge in [0, 0.05) is 11.8 Å². The molecule has 1 aromatic heterocycles. The molecule has 0 aliphatic heterocycles. The number of hydrogen-bond donors (Lipinski definition) is 0. The summed E-state index contributed by atoms with van der Waals surface area (Å²) in [5.74, 6) is 2.04. The number of hydrogen-bond acceptors (Lipinski definition) is 3. The summed E-state index contributed by atoms with van der Waals surface area (Å²) >= 11 is 0. The Morgan fingerprint density at radius 3 is 3.00 bits per heavy atom. The van der Waals surface area contributed by atoms with Crippen LogP contribution in [0, 0.1) is 19.3 Å². The van der Waals surface area contributed by atoms with Crippen LogP contribution < -0.4 is 0 Å². The van der Waals surface area contributed by atoms with Crippen molar-refractivity contribution in [3.8, 4) is 12.3 Å². The van der Waals surface area contributed by atoms with Crippen molar-refractivity contribution in [2.75, 3.05) is 6.61 Å². The lowest BCUT2D eigenvalue weighted by Crippen LogP contribution is -2.08. The third-order valence-corrected chi connectivity index (χ3v) is 1.75. The topological polar surface area (TPSA) is 39.2 Å². The number of terminal acetylenes is 1. The fraction of sp³-hybridized carbons (Fsp3) is 0.273. The van der Waals surface area contributed by atoms with Gasteiger partial charge in [-0.2, -0.15) is 0 Å². The highest BCUT2D eigenvalue weighted by Crippen LogP contribution is 2.08. The Kier molecular flexibility index (Phi) is 3.24. The predicted molar refractivity (Wildman–Crippen MR) is 52.9 cm³/mol. The summed E-state index contributed by atoms with van der Waals surface area (Å²) in [5, 5.41) is 0. The molecule has 0 unspecified atom stereocenters. The van der Waals surface area contributed by atoms with E-state index in [0.29, 0.717) is 23.4 Å². The van der Waals surface area contributed by atoms with Gasteiger partial charge in [-0.15, -0.1) is 6.42 Å². The van der Waals surface area contributed by atoms with Crippen molar-refractivity contribution in [2.24, 2.45) is 0 Å². The van der Waals surface area contributed by atoms with E-state index in [1.165, 1.54) is 0 Å². The maximum absolute atomic E-state index is 11.4. The van der Waals surface area contributed by atoms with Crippen LogP contribution in [0.25, 0.3) is 0 Å². The minimum Gasteiger partial charge on any atom is -0.462 e. The summed E-state index contributed by atoms with van der Waals surface area (Å²) in [5.41, 5.74) is 1.64. The van der Waals surface area contributed by atoms with E-state index in [4.69, 9.17) is 11.2 Å². The summed E-state index contributed by atoms with van der Waals surface area (Å²) in [4.78, 5) is 15.4. The van der Waals surface area contributed by atoms with E-state index in [9.17, 15) is 4.79 Å². The molecule has 0 bridgehead atoms. The van der Waals surface area contributed by atoms with Gasteiger partial charge in [0.15, 0.2) is 0 Å². The van der Waals surface area contributed by atoms with Crippen LogP contribution in [-0.2, 0) is 4.74 Å². The van der Waals surface area contributed by atoms with Gasteiger partial charge in [0.25, 0.3) is 0 Å². The molecule has 0 aliphatic carbocycles. The van der Waals surface area contributed by atoms with Crippen molar-refractivity contribution in [3.05, 3.63) is 29.1 Å². The Balaban J connectivity index is 3.07. The number of esters is 1. The van der Waals surface area contributed by atoms with Gasteiger partial charge in [-0.25, -0.2) is 4.79 Å². The van der Waals surface area contributed by atoms with Gasteiger partial charge in [0.1, 0.15) is 0 Å². The zero-order valence-electron chi connectivity index (χ0n) is 8.20. The summed E-state index contributed by atoms with van der Waals surface area (Å²) in [6.07, 6.45) is 6.75. The number of rotatable bonds is 2. The quantitative estimate of drug-likeness (QED) is 0.523. The first kappa shape index (κ1) is 10.3. The number of pyridine rings is 1. The van der Waals surface area contributed by atoms with Crippen LogP contribution in [-0.4, -0.2) is 17.6 Å². The average molecular weight is 189 g/mol. The molecule has 1 rings (SSSR count). The molecule has 0 radical (unpaired) electrons. The van der Waals surface area contributed by atoms with Crippen molar-refractivity contribution in [3.63, 3.8) is 0 Å². The number of carbonyl (C=O) groups is 1. The molecule has 0 spiro atoms. The Morgan fingerprint density at radius 2 is 2.43 bits per heavy atom. The molecule has 0 aliphatic rings. The second-order valence-corrected chi connectivity index (χ2v) is 2.72. The van der Waals surface area contributed by atoms with E-state index >= 15 is 0 Å². The first-order valence-corrected chi connectivity index (χ1v) is 4.29. The second kappa shape index (κ2) is 4.43. The van der Waals surface area contributed by atoms with Crippen LogP contribution in [0.4, 0.5) is 0 Å². The Labute approximate surface area is 83.1 Å². The van der Waals surface area contributed by atoms with Crippen molar-refractivity contribution >= 4 is 5.97 Å². The molecule has 3 nitrogen and oxygen atoms in total. The highest BCUT2D eigenvalue weighted by Gasteiger charge is 2.10. The molecular formula is C11H11NO2. The standard InChI is InChI=1S/C11H11NO2/c1-4-9-6-10(8(3)12-7-9)11(13)14-5-2/h1,6-7H,5H2,2-3H3. The summed E-state index contributed by atoms with van der Waals surface area (Å²) in [6.45, 7) is 3.84. The van der Waals surface area contributed by atoms with Gasteiger partial charge in [0.2, 0.25) is 0 Å². The number of aryl methyl sites for hydroxylation is 1. The molecule has 3 heteroatoms. The van der Waals surface area contributed by atoms with Crippen molar-refractivity contribution < 1.29 is 9.53 Å². The molecule has 0 aromatic carbocycles. The number of ether oxygens (including phenoxy) is 1. The predicted octanol–water partition coefficient (Wildman–Crippen LogP) is 1.55. The lowest BCUT2D eigenvalue weighted by atomic mass is 10.1. The number of aromatic nitrogens is 1. The van der Waals surface area contributed by atoms with Crippen molar-refractivity contribution in [1.29, 1.82) is 0 Å². The lowest BCUT2D eigenvalue weighted by molar-refractivity contribution is 0.0525. The van der Waals surface area contributed by atoms with E-state index < -0.39 is 0 Å². The SMILES string of the molecule is C#Cc1cnc(C)c(C(=O)OCC)c1. The van der Waals surface area contributed by atoms with Crippen molar-refractivity contribution in [1.82, 2.24) is 4.98 Å². The Morgan fingerprint density at radius 1 is 1.71 bits per heavy atom. The molecule has 72 valence electrons. The van der Waals surface area contributed by atoms with Gasteiger partial charge in [0.05, 0.1) is 17.9 Å². The van der Waals surface area contributed by atoms with E-state index in [1.54, 1.807) is 26.1 Å². The normalized spacial score (nSPS) is 9.21. The molecule has 0 saturated carbocycles. The van der Waals surface area contributed by atoms with Crippen LogP contribution in [0.2, 0.25) is 0 Å². The Bertz CT molecular complexity index is 391. The van der Waals surface area contributed by atoms with Gasteiger partial charge in [-0.05, 0) is 19.9 Å². The molecule has 0 amide bonds. The van der Waals surface area contributed by atoms with E-state index in [2.05, 4.69) is 10.9 Å². The maximum Gasteiger partial charge on any atom is 0.340 e. The molecule has 0 atom stereocenters. The largest absolute Gasteiger partial charge is 0.462 e.